The van der Waals surface area contributed by atoms with E-state index >= 15 is 0 Å². The van der Waals surface area contributed by atoms with Crippen LogP contribution >= 0.6 is 23.2 Å². The summed E-state index contributed by atoms with van der Waals surface area (Å²) in [6.07, 6.45) is -0.696. The molecule has 0 spiro atoms. The van der Waals surface area contributed by atoms with Gasteiger partial charge in [0.15, 0.2) is 17.6 Å². The highest BCUT2D eigenvalue weighted by molar-refractivity contribution is 6.42. The molecule has 7 heteroatoms. The number of fused-ring (bicyclic) bond motifs is 1. The van der Waals surface area contributed by atoms with Crippen molar-refractivity contribution in [3.63, 3.8) is 0 Å². The van der Waals surface area contributed by atoms with Gasteiger partial charge in [-0.15, -0.1) is 0 Å². The largest absolute Gasteiger partial charge is 0.486 e. The molecule has 0 fully saturated rings. The first-order valence-corrected chi connectivity index (χ1v) is 9.53. The molecule has 5 nitrogen and oxygen atoms in total. The van der Waals surface area contributed by atoms with Crippen molar-refractivity contribution in [2.45, 2.75) is 26.5 Å². The van der Waals surface area contributed by atoms with Crippen molar-refractivity contribution in [1.82, 2.24) is 4.90 Å². The lowest BCUT2D eigenvalue weighted by Crippen LogP contribution is -2.40. The van der Waals surface area contributed by atoms with E-state index in [2.05, 4.69) is 0 Å². The Kier molecular flexibility index (Phi) is 6.34. The van der Waals surface area contributed by atoms with Crippen molar-refractivity contribution in [1.29, 1.82) is 0 Å². The maximum absolute atomic E-state index is 12.8. The summed E-state index contributed by atoms with van der Waals surface area (Å²) in [6.45, 7) is 5.69. The number of hydrogen-bond donors (Lipinski definition) is 0. The Bertz CT molecular complexity index is 828. The van der Waals surface area contributed by atoms with Gasteiger partial charge in [0.1, 0.15) is 24.0 Å². The molecule has 0 aliphatic carbocycles. The molecule has 1 aliphatic rings. The third-order valence-electron chi connectivity index (χ3n) is 4.24. The Morgan fingerprint density at radius 3 is 2.67 bits per heavy atom. The Labute approximate surface area is 168 Å². The van der Waals surface area contributed by atoms with Gasteiger partial charge in [0, 0.05) is 13.1 Å². The fraction of sp³-hybridized carbons (Fsp3) is 0.350. The first kappa shape index (κ1) is 19.6. The molecule has 0 N–H and O–H groups in total. The fourth-order valence-electron chi connectivity index (χ4n) is 2.83. The normalized spacial score (nSPS) is 13.8. The fourth-order valence-corrected chi connectivity index (χ4v) is 3.16. The number of likely N-dealkylation sites (N-methyl/N-ethyl adjacent to an activating group) is 1. The molecule has 27 heavy (non-hydrogen) atoms. The molecule has 1 heterocycles. The standard InChI is InChI=1S/C20H21Cl2NO4/c1-3-23(12-14-7-8-16-18(11-14)26-10-9-25-16)20(24)13(2)27-17-6-4-5-15(21)19(17)22/h4-8,11,13H,3,9-10,12H2,1-2H3. The minimum Gasteiger partial charge on any atom is -0.486 e. The second-order valence-electron chi connectivity index (χ2n) is 6.14. The molecule has 2 aromatic rings. The monoisotopic (exact) mass is 409 g/mol. The molecular weight excluding hydrogens is 389 g/mol. The van der Waals surface area contributed by atoms with Crippen LogP contribution in [0.15, 0.2) is 36.4 Å². The van der Waals surface area contributed by atoms with Crippen LogP contribution in [-0.2, 0) is 11.3 Å². The first-order chi connectivity index (χ1) is 13.0. The van der Waals surface area contributed by atoms with E-state index in [-0.39, 0.29) is 5.91 Å². The summed E-state index contributed by atoms with van der Waals surface area (Å²) in [4.78, 5) is 14.6. The van der Waals surface area contributed by atoms with E-state index in [0.29, 0.717) is 47.8 Å². The molecule has 1 amide bonds. The summed E-state index contributed by atoms with van der Waals surface area (Å²) in [5.41, 5.74) is 0.961. The zero-order valence-electron chi connectivity index (χ0n) is 15.2. The average Bonchev–Trinajstić information content (AvgIpc) is 2.69. The van der Waals surface area contributed by atoms with E-state index in [4.69, 9.17) is 37.4 Å². The van der Waals surface area contributed by atoms with E-state index in [0.717, 1.165) is 11.3 Å². The quantitative estimate of drug-likeness (QED) is 0.700. The number of carbonyl (C=O) groups excluding carboxylic acids is 1. The molecule has 0 radical (unpaired) electrons. The SMILES string of the molecule is CCN(Cc1ccc2c(c1)OCCO2)C(=O)C(C)Oc1cccc(Cl)c1Cl. The van der Waals surface area contributed by atoms with Crippen molar-refractivity contribution in [3.8, 4) is 17.2 Å². The van der Waals surface area contributed by atoms with Gasteiger partial charge in [0.2, 0.25) is 0 Å². The molecule has 3 rings (SSSR count). The van der Waals surface area contributed by atoms with Gasteiger partial charge in [-0.05, 0) is 43.7 Å². The van der Waals surface area contributed by atoms with Gasteiger partial charge in [-0.3, -0.25) is 4.79 Å². The summed E-state index contributed by atoms with van der Waals surface area (Å²) in [7, 11) is 0. The van der Waals surface area contributed by atoms with Gasteiger partial charge in [-0.1, -0.05) is 35.3 Å². The van der Waals surface area contributed by atoms with Gasteiger partial charge >= 0.3 is 0 Å². The molecule has 1 aliphatic heterocycles. The van der Waals surface area contributed by atoms with Crippen LogP contribution in [0.2, 0.25) is 10.0 Å². The predicted octanol–water partition coefficient (Wildman–Crippen LogP) is 4.58. The van der Waals surface area contributed by atoms with E-state index in [1.54, 1.807) is 30.0 Å². The molecule has 1 unspecified atom stereocenters. The zero-order chi connectivity index (χ0) is 19.4. The van der Waals surface area contributed by atoms with Gasteiger partial charge in [0.05, 0.1) is 5.02 Å². The van der Waals surface area contributed by atoms with Crippen LogP contribution in [0.3, 0.4) is 0 Å². The minimum absolute atomic E-state index is 0.136. The van der Waals surface area contributed by atoms with Crippen LogP contribution in [0, 0.1) is 0 Å². The summed E-state index contributed by atoms with van der Waals surface area (Å²) < 4.78 is 16.9. The van der Waals surface area contributed by atoms with Crippen molar-refractivity contribution < 1.29 is 19.0 Å². The van der Waals surface area contributed by atoms with E-state index in [1.165, 1.54) is 0 Å². The molecule has 1 atom stereocenters. The third kappa shape index (κ3) is 4.60. The maximum atomic E-state index is 12.8. The lowest BCUT2D eigenvalue weighted by atomic mass is 10.1. The zero-order valence-corrected chi connectivity index (χ0v) is 16.7. The van der Waals surface area contributed by atoms with Crippen LogP contribution in [-0.4, -0.2) is 36.7 Å². The molecule has 0 bridgehead atoms. The van der Waals surface area contributed by atoms with Crippen LogP contribution in [0.5, 0.6) is 17.2 Å². The lowest BCUT2D eigenvalue weighted by Gasteiger charge is -2.26. The number of carbonyl (C=O) groups is 1. The summed E-state index contributed by atoms with van der Waals surface area (Å²) in [6, 6.07) is 10.8. The molecule has 2 aromatic carbocycles. The number of benzene rings is 2. The number of hydrogen-bond acceptors (Lipinski definition) is 4. The van der Waals surface area contributed by atoms with Crippen LogP contribution in [0.1, 0.15) is 19.4 Å². The van der Waals surface area contributed by atoms with Crippen molar-refractivity contribution in [2.24, 2.45) is 0 Å². The van der Waals surface area contributed by atoms with E-state index in [9.17, 15) is 4.79 Å². The average molecular weight is 410 g/mol. The number of amides is 1. The smallest absolute Gasteiger partial charge is 0.263 e. The van der Waals surface area contributed by atoms with Crippen molar-refractivity contribution in [3.05, 3.63) is 52.0 Å². The highest BCUT2D eigenvalue weighted by atomic mass is 35.5. The summed E-state index contributed by atoms with van der Waals surface area (Å²) >= 11 is 12.1. The minimum atomic E-state index is -0.696. The topological polar surface area (TPSA) is 48.0 Å². The van der Waals surface area contributed by atoms with Crippen LogP contribution in [0.25, 0.3) is 0 Å². The number of ether oxygens (including phenoxy) is 3. The molecule has 0 saturated heterocycles. The predicted molar refractivity (Wildman–Crippen MR) is 105 cm³/mol. The Morgan fingerprint density at radius 1 is 1.19 bits per heavy atom. The molecular formula is C20H21Cl2NO4. The Morgan fingerprint density at radius 2 is 1.93 bits per heavy atom. The number of halogens is 2. The van der Waals surface area contributed by atoms with E-state index in [1.807, 2.05) is 25.1 Å². The van der Waals surface area contributed by atoms with E-state index < -0.39 is 6.10 Å². The van der Waals surface area contributed by atoms with Crippen LogP contribution in [0.4, 0.5) is 0 Å². The highest BCUT2D eigenvalue weighted by Gasteiger charge is 2.23. The van der Waals surface area contributed by atoms with Crippen molar-refractivity contribution >= 4 is 29.1 Å². The first-order valence-electron chi connectivity index (χ1n) is 8.77. The van der Waals surface area contributed by atoms with Crippen LogP contribution < -0.4 is 14.2 Å². The summed E-state index contributed by atoms with van der Waals surface area (Å²) in [5.74, 6) is 1.69. The maximum Gasteiger partial charge on any atom is 0.263 e. The second kappa shape index (κ2) is 8.72. The molecule has 0 saturated carbocycles. The number of rotatable bonds is 6. The molecule has 144 valence electrons. The van der Waals surface area contributed by atoms with Gasteiger partial charge in [-0.25, -0.2) is 0 Å². The van der Waals surface area contributed by atoms with Gasteiger partial charge < -0.3 is 19.1 Å². The second-order valence-corrected chi connectivity index (χ2v) is 6.93. The summed E-state index contributed by atoms with van der Waals surface area (Å²) in [5, 5.41) is 0.686. The van der Waals surface area contributed by atoms with Gasteiger partial charge in [-0.2, -0.15) is 0 Å². The Balaban J connectivity index is 1.69. The third-order valence-corrected chi connectivity index (χ3v) is 5.04. The Hall–Kier alpha value is -2.11. The lowest BCUT2D eigenvalue weighted by molar-refractivity contribution is -0.138. The highest BCUT2D eigenvalue weighted by Crippen LogP contribution is 2.33. The number of nitrogens with zero attached hydrogens (tertiary/aromatic N) is 1. The van der Waals surface area contributed by atoms with Crippen molar-refractivity contribution in [2.75, 3.05) is 19.8 Å². The van der Waals surface area contributed by atoms with Gasteiger partial charge in [0.25, 0.3) is 5.91 Å². The molecule has 0 aromatic heterocycles.